The minimum absolute atomic E-state index is 0.101. The molecule has 0 spiro atoms. The van der Waals surface area contributed by atoms with Gasteiger partial charge in [0.15, 0.2) is 0 Å². The summed E-state index contributed by atoms with van der Waals surface area (Å²) < 4.78 is 14.8. The second kappa shape index (κ2) is 12.8. The first-order valence-electron chi connectivity index (χ1n) is 14.0. The van der Waals surface area contributed by atoms with Gasteiger partial charge < -0.3 is 5.11 Å². The maximum atomic E-state index is 14.8. The number of unbranched alkanes of at least 4 members (excludes halogenated alkanes) is 2. The van der Waals surface area contributed by atoms with Crippen LogP contribution in [0.5, 0.6) is 0 Å². The van der Waals surface area contributed by atoms with E-state index in [1.165, 1.54) is 56.9 Å². The van der Waals surface area contributed by atoms with Gasteiger partial charge in [-0.05, 0) is 111 Å². The molecule has 0 aliphatic heterocycles. The van der Waals surface area contributed by atoms with Gasteiger partial charge in [0.1, 0.15) is 12.0 Å². The van der Waals surface area contributed by atoms with Crippen molar-refractivity contribution in [2.24, 2.45) is 11.8 Å². The van der Waals surface area contributed by atoms with Crippen LogP contribution in [-0.2, 0) is 6.42 Å². The average Bonchev–Trinajstić information content (AvgIpc) is 2.90. The van der Waals surface area contributed by atoms with Crippen molar-refractivity contribution >= 4 is 0 Å². The second-order valence-corrected chi connectivity index (χ2v) is 11.0. The number of hydrogen-bond donors (Lipinski definition) is 2. The van der Waals surface area contributed by atoms with Crippen LogP contribution in [0.25, 0.3) is 11.1 Å². The van der Waals surface area contributed by atoms with Crippen LogP contribution in [0.15, 0.2) is 55.1 Å². The van der Waals surface area contributed by atoms with Gasteiger partial charge in [-0.25, -0.2) is 4.39 Å². The van der Waals surface area contributed by atoms with Crippen LogP contribution in [-0.4, -0.2) is 17.4 Å². The van der Waals surface area contributed by atoms with Crippen molar-refractivity contribution in [3.63, 3.8) is 0 Å². The Bertz CT molecular complexity index is 923. The molecule has 0 saturated heterocycles. The Morgan fingerprint density at radius 1 is 0.943 bits per heavy atom. The highest BCUT2D eigenvalue weighted by Crippen LogP contribution is 2.43. The molecule has 0 amide bonds. The topological polar surface area (TPSA) is 32.3 Å². The van der Waals surface area contributed by atoms with E-state index in [1.54, 1.807) is 12.1 Å². The number of aliphatic hydroxyl groups excluding tert-OH is 1. The third-order valence-electron chi connectivity index (χ3n) is 8.64. The molecule has 2 aliphatic carbocycles. The van der Waals surface area contributed by atoms with Gasteiger partial charge in [-0.3, -0.25) is 5.32 Å². The van der Waals surface area contributed by atoms with Crippen LogP contribution in [0.4, 0.5) is 4.39 Å². The third kappa shape index (κ3) is 7.05. The van der Waals surface area contributed by atoms with Crippen LogP contribution < -0.4 is 5.32 Å². The highest BCUT2D eigenvalue weighted by atomic mass is 19.1. The van der Waals surface area contributed by atoms with E-state index in [0.717, 1.165) is 48.6 Å². The van der Waals surface area contributed by atoms with Crippen LogP contribution in [0.1, 0.15) is 94.6 Å². The minimum atomic E-state index is -0.579. The molecule has 3 heteroatoms. The van der Waals surface area contributed by atoms with E-state index in [9.17, 15) is 9.50 Å². The smallest absolute Gasteiger partial charge is 0.131 e. The number of rotatable bonds is 10. The first kappa shape index (κ1) is 26.1. The van der Waals surface area contributed by atoms with Gasteiger partial charge in [0, 0.05) is 11.6 Å². The van der Waals surface area contributed by atoms with E-state index in [0.29, 0.717) is 17.5 Å². The van der Waals surface area contributed by atoms with E-state index >= 15 is 0 Å². The first-order chi connectivity index (χ1) is 17.1. The summed E-state index contributed by atoms with van der Waals surface area (Å²) in [5.74, 6) is 2.22. The molecule has 0 radical (unpaired) electrons. The molecule has 1 unspecified atom stereocenters. The van der Waals surface area contributed by atoms with Crippen LogP contribution in [0.2, 0.25) is 0 Å². The fourth-order valence-electron chi connectivity index (χ4n) is 6.45. The van der Waals surface area contributed by atoms with Gasteiger partial charge in [0.05, 0.1) is 0 Å². The molecule has 0 bridgehead atoms. The zero-order chi connectivity index (χ0) is 24.6. The van der Waals surface area contributed by atoms with Crippen LogP contribution in [0, 0.1) is 17.7 Å². The standard InChI is InChI=1S/C32H44FNO/c1-3-5-6-7-23-8-21-30(31(33)22-23)28-15-13-26(14-16-28)24-9-11-25(12-10-24)27-17-19-29(20-18-27)34-32(35)4-2/h4,8,13-16,21-22,24-25,27,29,32,34-35H,2-3,5-7,9-12,17-20H2,1H3. The molecular weight excluding hydrogens is 433 g/mol. The highest BCUT2D eigenvalue weighted by Gasteiger charge is 2.31. The lowest BCUT2D eigenvalue weighted by Gasteiger charge is -2.38. The molecule has 2 aromatic rings. The normalized spacial score (nSPS) is 25.8. The monoisotopic (exact) mass is 477 g/mol. The molecule has 2 N–H and O–H groups in total. The van der Waals surface area contributed by atoms with Crippen molar-refractivity contribution in [3.05, 3.63) is 72.1 Å². The van der Waals surface area contributed by atoms with E-state index < -0.39 is 6.23 Å². The summed E-state index contributed by atoms with van der Waals surface area (Å²) in [6.07, 6.45) is 15.5. The molecule has 2 aliphatic rings. The van der Waals surface area contributed by atoms with Crippen LogP contribution in [0.3, 0.4) is 0 Å². The van der Waals surface area contributed by atoms with E-state index in [2.05, 4.69) is 49.2 Å². The lowest BCUT2D eigenvalue weighted by Crippen LogP contribution is -2.40. The van der Waals surface area contributed by atoms with Gasteiger partial charge >= 0.3 is 0 Å². The molecule has 2 fully saturated rings. The number of aliphatic hydroxyl groups is 1. The highest BCUT2D eigenvalue weighted by molar-refractivity contribution is 5.65. The Labute approximate surface area is 212 Å². The predicted molar refractivity (Wildman–Crippen MR) is 145 cm³/mol. The van der Waals surface area contributed by atoms with Gasteiger partial charge in [-0.1, -0.05) is 62.7 Å². The summed E-state index contributed by atoms with van der Waals surface area (Å²) in [4.78, 5) is 0. The number of hydrogen-bond acceptors (Lipinski definition) is 2. The Balaban J connectivity index is 1.27. The Morgan fingerprint density at radius 2 is 1.60 bits per heavy atom. The van der Waals surface area contributed by atoms with Gasteiger partial charge in [0.2, 0.25) is 0 Å². The second-order valence-electron chi connectivity index (χ2n) is 11.0. The number of halogens is 1. The molecule has 2 nitrogen and oxygen atoms in total. The fraction of sp³-hybridized carbons (Fsp3) is 0.562. The molecular formula is C32H44FNO. The Kier molecular flexibility index (Phi) is 9.57. The fourth-order valence-corrected chi connectivity index (χ4v) is 6.45. The molecule has 0 aromatic heterocycles. The van der Waals surface area contributed by atoms with Crippen molar-refractivity contribution < 1.29 is 9.50 Å². The molecule has 4 rings (SSSR count). The maximum absolute atomic E-state index is 14.8. The zero-order valence-corrected chi connectivity index (χ0v) is 21.5. The lowest BCUT2D eigenvalue weighted by molar-refractivity contribution is 0.126. The van der Waals surface area contributed by atoms with Crippen molar-refractivity contribution in [2.75, 3.05) is 0 Å². The predicted octanol–water partition coefficient (Wildman–Crippen LogP) is 8.15. The summed E-state index contributed by atoms with van der Waals surface area (Å²) in [5.41, 5.74) is 4.21. The third-order valence-corrected chi connectivity index (χ3v) is 8.64. The summed E-state index contributed by atoms with van der Waals surface area (Å²) in [7, 11) is 0. The summed E-state index contributed by atoms with van der Waals surface area (Å²) in [6.45, 7) is 5.85. The van der Waals surface area contributed by atoms with E-state index in [1.807, 2.05) is 6.07 Å². The quantitative estimate of drug-likeness (QED) is 0.205. The molecule has 190 valence electrons. The molecule has 1 atom stereocenters. The molecule has 2 aromatic carbocycles. The van der Waals surface area contributed by atoms with E-state index in [-0.39, 0.29) is 5.82 Å². The lowest BCUT2D eigenvalue weighted by atomic mass is 9.69. The minimum Gasteiger partial charge on any atom is -0.375 e. The van der Waals surface area contributed by atoms with Crippen molar-refractivity contribution in [3.8, 4) is 11.1 Å². The molecule has 2 saturated carbocycles. The number of benzene rings is 2. The molecule has 35 heavy (non-hydrogen) atoms. The Morgan fingerprint density at radius 3 is 2.20 bits per heavy atom. The van der Waals surface area contributed by atoms with Crippen molar-refractivity contribution in [1.29, 1.82) is 0 Å². The van der Waals surface area contributed by atoms with Crippen molar-refractivity contribution in [1.82, 2.24) is 5.32 Å². The maximum Gasteiger partial charge on any atom is 0.131 e. The first-order valence-corrected chi connectivity index (χ1v) is 14.0. The summed E-state index contributed by atoms with van der Waals surface area (Å²) in [5, 5.41) is 13.0. The Hall–Kier alpha value is -1.97. The van der Waals surface area contributed by atoms with E-state index in [4.69, 9.17) is 0 Å². The number of aryl methyl sites for hydroxylation is 1. The van der Waals surface area contributed by atoms with Crippen LogP contribution >= 0.6 is 0 Å². The van der Waals surface area contributed by atoms with Gasteiger partial charge in [-0.15, -0.1) is 0 Å². The summed E-state index contributed by atoms with van der Waals surface area (Å²) >= 11 is 0. The van der Waals surface area contributed by atoms with Gasteiger partial charge in [-0.2, -0.15) is 0 Å². The molecule has 0 heterocycles. The van der Waals surface area contributed by atoms with Gasteiger partial charge in [0.25, 0.3) is 0 Å². The van der Waals surface area contributed by atoms with Crippen molar-refractivity contribution in [2.45, 2.75) is 102 Å². The number of nitrogens with one attached hydrogen (secondary N) is 1. The average molecular weight is 478 g/mol. The SMILES string of the molecule is C=CC(O)NC1CCC(C2CCC(c3ccc(-c4ccc(CCCCC)cc4F)cc3)CC2)CC1. The summed E-state index contributed by atoms with van der Waals surface area (Å²) in [6, 6.07) is 14.9. The zero-order valence-electron chi connectivity index (χ0n) is 21.5. The largest absolute Gasteiger partial charge is 0.375 e.